The van der Waals surface area contributed by atoms with Gasteiger partial charge in [0, 0.05) is 27.7 Å². The Morgan fingerprint density at radius 3 is 2.68 bits per heavy atom. The van der Waals surface area contributed by atoms with E-state index in [4.69, 9.17) is 9.47 Å². The third-order valence-corrected chi connectivity index (χ3v) is 4.20. The quantitative estimate of drug-likeness (QED) is 0.349. The first-order valence-electron chi connectivity index (χ1n) is 8.63. The largest absolute Gasteiger partial charge is 0.490 e. The number of hydrazone groups is 1. The predicted molar refractivity (Wildman–Crippen MR) is 109 cm³/mol. The van der Waals surface area contributed by atoms with Crippen LogP contribution >= 0.6 is 15.9 Å². The molecule has 1 amide bonds. The highest BCUT2D eigenvalue weighted by Gasteiger charge is 2.12. The van der Waals surface area contributed by atoms with Gasteiger partial charge in [-0.2, -0.15) is 5.10 Å². The van der Waals surface area contributed by atoms with E-state index in [9.17, 15) is 14.9 Å². The molecule has 0 fully saturated rings. The van der Waals surface area contributed by atoms with Crippen molar-refractivity contribution in [3.63, 3.8) is 0 Å². The standard InChI is InChI=1S/C19H20BrN3O5/c1-3-8-28-18-11-16(20)14(10-17(18)27-4-2)12-21-22-19(24)13-6-5-7-15(9-13)23(25)26/h5-7,9-12H,3-4,8H2,1-2H3,(H,22,24)/b21-12+. The zero-order valence-electron chi connectivity index (χ0n) is 15.5. The molecule has 8 nitrogen and oxygen atoms in total. The maximum Gasteiger partial charge on any atom is 0.271 e. The van der Waals surface area contributed by atoms with Crippen LogP contribution in [-0.4, -0.2) is 30.3 Å². The van der Waals surface area contributed by atoms with Gasteiger partial charge in [-0.25, -0.2) is 5.43 Å². The number of hydrogen-bond donors (Lipinski definition) is 1. The number of nitro groups is 1. The average molecular weight is 450 g/mol. The van der Waals surface area contributed by atoms with Crippen molar-refractivity contribution in [2.75, 3.05) is 13.2 Å². The molecule has 9 heteroatoms. The maximum absolute atomic E-state index is 12.1. The second-order valence-corrected chi connectivity index (χ2v) is 6.46. The molecule has 0 aliphatic carbocycles. The fourth-order valence-electron chi connectivity index (χ4n) is 2.23. The molecule has 0 saturated carbocycles. The molecule has 0 atom stereocenters. The van der Waals surface area contributed by atoms with Crippen molar-refractivity contribution in [2.24, 2.45) is 5.10 Å². The molecule has 0 radical (unpaired) electrons. The zero-order valence-corrected chi connectivity index (χ0v) is 17.1. The molecule has 0 heterocycles. The number of amides is 1. The van der Waals surface area contributed by atoms with Crippen LogP contribution in [0.2, 0.25) is 0 Å². The number of rotatable bonds is 9. The van der Waals surface area contributed by atoms with Gasteiger partial charge in [0.15, 0.2) is 11.5 Å². The van der Waals surface area contributed by atoms with Crippen LogP contribution in [0.4, 0.5) is 5.69 Å². The van der Waals surface area contributed by atoms with Crippen LogP contribution in [0.5, 0.6) is 11.5 Å². The van der Waals surface area contributed by atoms with E-state index < -0.39 is 10.8 Å². The highest BCUT2D eigenvalue weighted by Crippen LogP contribution is 2.33. The summed E-state index contributed by atoms with van der Waals surface area (Å²) in [4.78, 5) is 22.4. The van der Waals surface area contributed by atoms with E-state index in [0.717, 1.165) is 10.9 Å². The molecule has 148 valence electrons. The number of nitrogens with zero attached hydrogens (tertiary/aromatic N) is 2. The van der Waals surface area contributed by atoms with Crippen LogP contribution in [0.15, 0.2) is 46.0 Å². The molecule has 2 aromatic rings. The second kappa shape index (κ2) is 10.4. The number of halogens is 1. The summed E-state index contributed by atoms with van der Waals surface area (Å²) in [7, 11) is 0. The molecule has 0 aromatic heterocycles. The molecule has 0 aliphatic rings. The Morgan fingerprint density at radius 2 is 2.00 bits per heavy atom. The lowest BCUT2D eigenvalue weighted by molar-refractivity contribution is -0.384. The number of ether oxygens (including phenoxy) is 2. The Labute approximate surface area is 170 Å². The van der Waals surface area contributed by atoms with Crippen LogP contribution in [0.3, 0.4) is 0 Å². The summed E-state index contributed by atoms with van der Waals surface area (Å²) < 4.78 is 12.0. The Kier molecular flexibility index (Phi) is 7.94. The molecular formula is C19H20BrN3O5. The Balaban J connectivity index is 2.14. The van der Waals surface area contributed by atoms with Gasteiger partial charge in [0.1, 0.15) is 0 Å². The Bertz CT molecular complexity index is 886. The number of carbonyl (C=O) groups is 1. The van der Waals surface area contributed by atoms with Crippen molar-refractivity contribution in [2.45, 2.75) is 20.3 Å². The van der Waals surface area contributed by atoms with Crippen molar-refractivity contribution in [3.05, 3.63) is 62.1 Å². The van der Waals surface area contributed by atoms with E-state index >= 15 is 0 Å². The monoisotopic (exact) mass is 449 g/mol. The van der Waals surface area contributed by atoms with Crippen molar-refractivity contribution >= 4 is 33.7 Å². The van der Waals surface area contributed by atoms with E-state index in [1.807, 2.05) is 13.8 Å². The first kappa shape index (κ1) is 21.4. The van der Waals surface area contributed by atoms with Gasteiger partial charge in [-0.3, -0.25) is 14.9 Å². The Morgan fingerprint density at radius 1 is 1.25 bits per heavy atom. The lowest BCUT2D eigenvalue weighted by atomic mass is 10.2. The molecule has 0 bridgehead atoms. The van der Waals surface area contributed by atoms with E-state index in [0.29, 0.717) is 30.3 Å². The molecule has 2 aromatic carbocycles. The summed E-state index contributed by atoms with van der Waals surface area (Å²) in [6.45, 7) is 4.93. The molecule has 28 heavy (non-hydrogen) atoms. The van der Waals surface area contributed by atoms with Gasteiger partial charge >= 0.3 is 0 Å². The van der Waals surface area contributed by atoms with Crippen LogP contribution < -0.4 is 14.9 Å². The molecule has 0 spiro atoms. The number of nitro benzene ring substituents is 1. The fourth-order valence-corrected chi connectivity index (χ4v) is 2.65. The summed E-state index contributed by atoms with van der Waals surface area (Å²) in [6, 6.07) is 8.95. The number of benzene rings is 2. The van der Waals surface area contributed by atoms with E-state index in [-0.39, 0.29) is 11.3 Å². The number of nitrogens with one attached hydrogen (secondary N) is 1. The highest BCUT2D eigenvalue weighted by atomic mass is 79.9. The second-order valence-electron chi connectivity index (χ2n) is 5.61. The van der Waals surface area contributed by atoms with E-state index in [1.165, 1.54) is 30.5 Å². The summed E-state index contributed by atoms with van der Waals surface area (Å²) in [5.74, 6) is 0.642. The number of carbonyl (C=O) groups excluding carboxylic acids is 1. The predicted octanol–water partition coefficient (Wildman–Crippen LogP) is 4.31. The van der Waals surface area contributed by atoms with Crippen molar-refractivity contribution < 1.29 is 19.2 Å². The lowest BCUT2D eigenvalue weighted by Gasteiger charge is -2.13. The zero-order chi connectivity index (χ0) is 20.5. The maximum atomic E-state index is 12.1. The topological polar surface area (TPSA) is 103 Å². The molecule has 0 unspecified atom stereocenters. The van der Waals surface area contributed by atoms with Gasteiger partial charge in [0.05, 0.1) is 24.4 Å². The molecular weight excluding hydrogens is 430 g/mol. The third-order valence-electron chi connectivity index (χ3n) is 3.51. The van der Waals surface area contributed by atoms with Crippen molar-refractivity contribution in [3.8, 4) is 11.5 Å². The lowest BCUT2D eigenvalue weighted by Crippen LogP contribution is -2.17. The SMILES string of the molecule is CCCOc1cc(Br)c(/C=N/NC(=O)c2cccc([N+](=O)[O-])c2)cc1OCC. The smallest absolute Gasteiger partial charge is 0.271 e. The fraction of sp³-hybridized carbons (Fsp3) is 0.263. The summed E-state index contributed by atoms with van der Waals surface area (Å²) >= 11 is 3.45. The summed E-state index contributed by atoms with van der Waals surface area (Å²) in [6.07, 6.45) is 2.32. The molecule has 0 aliphatic heterocycles. The minimum absolute atomic E-state index is 0.142. The van der Waals surface area contributed by atoms with Gasteiger partial charge in [0.2, 0.25) is 0 Å². The van der Waals surface area contributed by atoms with E-state index in [2.05, 4.69) is 26.5 Å². The summed E-state index contributed by atoms with van der Waals surface area (Å²) in [5, 5.41) is 14.7. The summed E-state index contributed by atoms with van der Waals surface area (Å²) in [5.41, 5.74) is 3.01. The van der Waals surface area contributed by atoms with Crippen LogP contribution in [0, 0.1) is 10.1 Å². The minimum atomic E-state index is -0.561. The molecule has 2 rings (SSSR count). The van der Waals surface area contributed by atoms with Crippen LogP contribution in [0.1, 0.15) is 36.2 Å². The number of hydrogen-bond acceptors (Lipinski definition) is 6. The van der Waals surface area contributed by atoms with Gasteiger partial charge in [-0.15, -0.1) is 0 Å². The molecule has 1 N–H and O–H groups in total. The van der Waals surface area contributed by atoms with Crippen molar-refractivity contribution in [1.82, 2.24) is 5.43 Å². The van der Waals surface area contributed by atoms with Crippen molar-refractivity contribution in [1.29, 1.82) is 0 Å². The number of non-ortho nitro benzene ring substituents is 1. The first-order valence-corrected chi connectivity index (χ1v) is 9.42. The van der Waals surface area contributed by atoms with E-state index in [1.54, 1.807) is 12.1 Å². The Hall–Kier alpha value is -2.94. The van der Waals surface area contributed by atoms with Gasteiger partial charge in [-0.1, -0.05) is 13.0 Å². The highest BCUT2D eigenvalue weighted by molar-refractivity contribution is 9.10. The van der Waals surface area contributed by atoms with Gasteiger partial charge in [-0.05, 0) is 47.5 Å². The first-order chi connectivity index (χ1) is 13.5. The van der Waals surface area contributed by atoms with Crippen LogP contribution in [0.25, 0.3) is 0 Å². The third kappa shape index (κ3) is 5.78. The van der Waals surface area contributed by atoms with Gasteiger partial charge in [0.25, 0.3) is 11.6 Å². The average Bonchev–Trinajstić information content (AvgIpc) is 2.69. The molecule has 0 saturated heterocycles. The van der Waals surface area contributed by atoms with Gasteiger partial charge < -0.3 is 9.47 Å². The van der Waals surface area contributed by atoms with Crippen LogP contribution in [-0.2, 0) is 0 Å². The normalized spacial score (nSPS) is 10.7. The minimum Gasteiger partial charge on any atom is -0.490 e.